The molecule has 27 heavy (non-hydrogen) atoms. The lowest BCUT2D eigenvalue weighted by Gasteiger charge is -2.39. The number of benzene rings is 1. The predicted octanol–water partition coefficient (Wildman–Crippen LogP) is 6.08. The number of hydrogen-bond acceptors (Lipinski definition) is 2. The number of amides is 1. The fourth-order valence-corrected chi connectivity index (χ4v) is 5.31. The van der Waals surface area contributed by atoms with Gasteiger partial charge in [0.2, 0.25) is 0 Å². The minimum Gasteiger partial charge on any atom is -0.334 e. The molecule has 1 amide bonds. The molecule has 0 spiro atoms. The minimum absolute atomic E-state index is 0. The molecule has 144 valence electrons. The van der Waals surface area contributed by atoms with Crippen molar-refractivity contribution in [1.82, 2.24) is 9.88 Å². The molecule has 2 aromatic rings. The Kier molecular flexibility index (Phi) is 5.11. The molecule has 0 radical (unpaired) electrons. The number of pyridine rings is 1. The second kappa shape index (κ2) is 6.94. The van der Waals surface area contributed by atoms with Crippen LogP contribution in [0.25, 0.3) is 11.3 Å². The molecular formula is C23H29ClN2O. The van der Waals surface area contributed by atoms with Gasteiger partial charge < -0.3 is 4.90 Å². The standard InChI is InChI=1S/C22H25ClN2O.CH4/c1-21(2)11-17-12-22(3,13-21)14-25(17)20(26)19-6-4-5-18(24-19)15-7-9-16(23)10-8-15;/h4-10,17H,11-14H2,1-3H3;1H4/t17-,22-;/m1./s1. The van der Waals surface area contributed by atoms with Gasteiger partial charge in [-0.1, -0.05) is 58.0 Å². The molecule has 0 N–H and O–H groups in total. The monoisotopic (exact) mass is 384 g/mol. The van der Waals surface area contributed by atoms with Gasteiger partial charge in [0.25, 0.3) is 5.91 Å². The molecular weight excluding hydrogens is 356 g/mol. The molecule has 2 heterocycles. The van der Waals surface area contributed by atoms with Crippen LogP contribution >= 0.6 is 11.6 Å². The van der Waals surface area contributed by atoms with Crippen LogP contribution in [0, 0.1) is 10.8 Å². The van der Waals surface area contributed by atoms with Gasteiger partial charge in [0, 0.05) is 23.2 Å². The molecule has 1 aromatic heterocycles. The van der Waals surface area contributed by atoms with Crippen LogP contribution < -0.4 is 0 Å². The summed E-state index contributed by atoms with van der Waals surface area (Å²) in [4.78, 5) is 20.0. The third-order valence-electron chi connectivity index (χ3n) is 5.78. The van der Waals surface area contributed by atoms with E-state index in [4.69, 9.17) is 11.6 Å². The van der Waals surface area contributed by atoms with E-state index in [2.05, 4.69) is 30.7 Å². The second-order valence-electron chi connectivity index (χ2n) is 9.06. The van der Waals surface area contributed by atoms with Crippen LogP contribution in [-0.4, -0.2) is 28.4 Å². The molecule has 2 fully saturated rings. The lowest BCUT2D eigenvalue weighted by Crippen LogP contribution is -2.38. The lowest BCUT2D eigenvalue weighted by atomic mass is 9.65. The lowest BCUT2D eigenvalue weighted by molar-refractivity contribution is 0.0702. The summed E-state index contributed by atoms with van der Waals surface area (Å²) in [6.45, 7) is 7.81. The molecule has 4 heteroatoms. The number of likely N-dealkylation sites (tertiary alicyclic amines) is 1. The molecule has 1 aliphatic carbocycles. The third-order valence-corrected chi connectivity index (χ3v) is 6.04. The van der Waals surface area contributed by atoms with Crippen LogP contribution in [0.5, 0.6) is 0 Å². The Hall–Kier alpha value is -1.87. The van der Waals surface area contributed by atoms with E-state index in [-0.39, 0.29) is 18.7 Å². The summed E-state index contributed by atoms with van der Waals surface area (Å²) in [6.07, 6.45) is 3.36. The first-order valence-corrected chi connectivity index (χ1v) is 9.67. The molecule has 2 bridgehead atoms. The molecule has 3 nitrogen and oxygen atoms in total. The number of halogens is 1. The Labute approximate surface area is 167 Å². The van der Waals surface area contributed by atoms with Gasteiger partial charge in [-0.3, -0.25) is 4.79 Å². The van der Waals surface area contributed by atoms with Crippen LogP contribution in [-0.2, 0) is 0 Å². The maximum Gasteiger partial charge on any atom is 0.272 e. The third kappa shape index (κ3) is 3.89. The van der Waals surface area contributed by atoms with Gasteiger partial charge >= 0.3 is 0 Å². The first-order chi connectivity index (χ1) is 12.2. The first-order valence-electron chi connectivity index (χ1n) is 9.29. The van der Waals surface area contributed by atoms with Crippen LogP contribution in [0.3, 0.4) is 0 Å². The Bertz CT molecular complexity index is 846. The largest absolute Gasteiger partial charge is 0.334 e. The Balaban J connectivity index is 0.00000210. The number of aromatic nitrogens is 1. The Morgan fingerprint density at radius 1 is 1.11 bits per heavy atom. The van der Waals surface area contributed by atoms with Gasteiger partial charge in [0.1, 0.15) is 5.69 Å². The zero-order chi connectivity index (χ0) is 18.5. The van der Waals surface area contributed by atoms with Crippen molar-refractivity contribution in [3.05, 3.63) is 53.2 Å². The zero-order valence-electron chi connectivity index (χ0n) is 15.6. The summed E-state index contributed by atoms with van der Waals surface area (Å²) in [5.41, 5.74) is 2.84. The highest BCUT2D eigenvalue weighted by molar-refractivity contribution is 6.30. The predicted molar refractivity (Wildman–Crippen MR) is 112 cm³/mol. The van der Waals surface area contributed by atoms with Crippen molar-refractivity contribution in [1.29, 1.82) is 0 Å². The van der Waals surface area contributed by atoms with E-state index in [1.165, 1.54) is 6.42 Å². The van der Waals surface area contributed by atoms with Crippen molar-refractivity contribution in [2.24, 2.45) is 10.8 Å². The molecule has 1 saturated heterocycles. The summed E-state index contributed by atoms with van der Waals surface area (Å²) in [7, 11) is 0. The highest BCUT2D eigenvalue weighted by Gasteiger charge is 2.51. The molecule has 4 rings (SSSR count). The number of nitrogens with zero attached hydrogens (tertiary/aromatic N) is 2. The normalized spacial score (nSPS) is 25.8. The van der Waals surface area contributed by atoms with Crippen molar-refractivity contribution in [3.63, 3.8) is 0 Å². The molecule has 1 aliphatic heterocycles. The smallest absolute Gasteiger partial charge is 0.272 e. The average molecular weight is 385 g/mol. The molecule has 2 aliphatic rings. The van der Waals surface area contributed by atoms with Crippen LogP contribution in [0.1, 0.15) is 57.9 Å². The van der Waals surface area contributed by atoms with Gasteiger partial charge in [-0.25, -0.2) is 4.98 Å². The highest BCUT2D eigenvalue weighted by atomic mass is 35.5. The summed E-state index contributed by atoms with van der Waals surface area (Å²) in [6, 6.07) is 13.6. The zero-order valence-corrected chi connectivity index (χ0v) is 16.4. The van der Waals surface area contributed by atoms with E-state index in [1.807, 2.05) is 42.5 Å². The van der Waals surface area contributed by atoms with Crippen LogP contribution in [0.4, 0.5) is 0 Å². The number of fused-ring (bicyclic) bond motifs is 2. The van der Waals surface area contributed by atoms with Crippen LogP contribution in [0.2, 0.25) is 5.02 Å². The fourth-order valence-electron chi connectivity index (χ4n) is 5.18. The summed E-state index contributed by atoms with van der Waals surface area (Å²) in [5, 5.41) is 0.696. The van der Waals surface area contributed by atoms with Crippen molar-refractivity contribution in [2.75, 3.05) is 6.54 Å². The molecule has 2 atom stereocenters. The molecule has 1 aromatic carbocycles. The van der Waals surface area contributed by atoms with Gasteiger partial charge in [0.05, 0.1) is 5.69 Å². The highest BCUT2D eigenvalue weighted by Crippen LogP contribution is 2.52. The Morgan fingerprint density at radius 2 is 1.81 bits per heavy atom. The maximum atomic E-state index is 13.2. The van der Waals surface area contributed by atoms with Crippen molar-refractivity contribution in [2.45, 2.75) is 53.5 Å². The summed E-state index contributed by atoms with van der Waals surface area (Å²) < 4.78 is 0. The van der Waals surface area contributed by atoms with Crippen LogP contribution in [0.15, 0.2) is 42.5 Å². The molecule has 0 unspecified atom stereocenters. The summed E-state index contributed by atoms with van der Waals surface area (Å²) in [5.74, 6) is 0.0623. The quantitative estimate of drug-likeness (QED) is 0.628. The van der Waals surface area contributed by atoms with E-state index in [9.17, 15) is 4.79 Å². The van der Waals surface area contributed by atoms with E-state index in [0.717, 1.165) is 30.6 Å². The minimum atomic E-state index is 0. The fraction of sp³-hybridized carbons (Fsp3) is 0.478. The average Bonchev–Trinajstić information content (AvgIpc) is 2.84. The second-order valence-corrected chi connectivity index (χ2v) is 9.50. The van der Waals surface area contributed by atoms with Gasteiger partial charge in [-0.2, -0.15) is 0 Å². The maximum absolute atomic E-state index is 13.2. The topological polar surface area (TPSA) is 33.2 Å². The van der Waals surface area contributed by atoms with Gasteiger partial charge in [0.15, 0.2) is 0 Å². The Morgan fingerprint density at radius 3 is 2.52 bits per heavy atom. The van der Waals surface area contributed by atoms with E-state index < -0.39 is 0 Å². The number of carbonyl (C=O) groups is 1. The van der Waals surface area contributed by atoms with Crippen molar-refractivity contribution < 1.29 is 4.79 Å². The van der Waals surface area contributed by atoms with Gasteiger partial charge in [-0.15, -0.1) is 0 Å². The van der Waals surface area contributed by atoms with Crippen molar-refractivity contribution in [3.8, 4) is 11.3 Å². The van der Waals surface area contributed by atoms with Crippen molar-refractivity contribution >= 4 is 17.5 Å². The van der Waals surface area contributed by atoms with Gasteiger partial charge in [-0.05, 0) is 54.4 Å². The first kappa shape index (κ1) is 19.9. The van der Waals surface area contributed by atoms with E-state index >= 15 is 0 Å². The SMILES string of the molecule is C.CC1(C)C[C@@H]2C[C@@](C)(CN2C(=O)c2cccc(-c3ccc(Cl)cc3)n2)C1. The number of rotatable bonds is 2. The van der Waals surface area contributed by atoms with E-state index in [0.29, 0.717) is 22.2 Å². The molecule has 1 saturated carbocycles. The number of carbonyl (C=O) groups excluding carboxylic acids is 1. The summed E-state index contributed by atoms with van der Waals surface area (Å²) >= 11 is 5.97. The number of hydrogen-bond donors (Lipinski definition) is 0. The van der Waals surface area contributed by atoms with E-state index in [1.54, 1.807) is 0 Å².